The van der Waals surface area contributed by atoms with Crippen molar-refractivity contribution in [3.63, 3.8) is 0 Å². The highest BCUT2D eigenvalue weighted by molar-refractivity contribution is 8.77. The van der Waals surface area contributed by atoms with Crippen molar-refractivity contribution in [1.82, 2.24) is 10.0 Å². The predicted octanol–water partition coefficient (Wildman–Crippen LogP) is 2.60. The van der Waals surface area contributed by atoms with Gasteiger partial charge >= 0.3 is 5.97 Å². The molecule has 1 aliphatic heterocycles. The molecule has 1 fully saturated rings. The van der Waals surface area contributed by atoms with E-state index < -0.39 is 22.5 Å². The van der Waals surface area contributed by atoms with Crippen molar-refractivity contribution in [1.29, 1.82) is 0 Å². The summed E-state index contributed by atoms with van der Waals surface area (Å²) in [6.07, 6.45) is 1.98. The third kappa shape index (κ3) is 4.74. The zero-order valence-electron chi connectivity index (χ0n) is 12.3. The summed E-state index contributed by atoms with van der Waals surface area (Å²) in [6, 6.07) is 5.61. The third-order valence-corrected chi connectivity index (χ3v) is 5.97. The van der Waals surface area contributed by atoms with E-state index in [1.54, 1.807) is 6.20 Å². The van der Waals surface area contributed by atoms with Gasteiger partial charge in [-0.25, -0.2) is 9.78 Å². The number of amides is 2. The predicted molar refractivity (Wildman–Crippen MR) is 83.6 cm³/mol. The van der Waals surface area contributed by atoms with Gasteiger partial charge in [0.1, 0.15) is 5.03 Å². The fourth-order valence-electron chi connectivity index (χ4n) is 1.72. The van der Waals surface area contributed by atoms with Gasteiger partial charge in [-0.2, -0.15) is 0 Å². The second kappa shape index (κ2) is 7.15. The molecule has 6 nitrogen and oxygen atoms in total. The van der Waals surface area contributed by atoms with E-state index >= 15 is 0 Å². The van der Waals surface area contributed by atoms with Crippen LogP contribution in [0.1, 0.15) is 33.1 Å². The van der Waals surface area contributed by atoms with Crippen LogP contribution in [0.5, 0.6) is 0 Å². The molecule has 0 aliphatic carbocycles. The summed E-state index contributed by atoms with van der Waals surface area (Å²) in [4.78, 5) is 43.8. The molecule has 0 aromatic carbocycles. The van der Waals surface area contributed by atoms with E-state index in [1.807, 2.05) is 32.0 Å². The van der Waals surface area contributed by atoms with Crippen molar-refractivity contribution in [2.24, 2.45) is 0 Å². The summed E-state index contributed by atoms with van der Waals surface area (Å²) < 4.78 is -0.426. The summed E-state index contributed by atoms with van der Waals surface area (Å²) in [5, 5.41) is 1.42. The molecule has 0 saturated carbocycles. The first-order valence-electron chi connectivity index (χ1n) is 6.71. The molecule has 22 heavy (non-hydrogen) atoms. The van der Waals surface area contributed by atoms with Crippen LogP contribution in [0.2, 0.25) is 0 Å². The number of carbonyl (C=O) groups excluding carboxylic acids is 3. The Balaban J connectivity index is 1.84. The Hall–Kier alpha value is -1.54. The monoisotopic (exact) mass is 340 g/mol. The van der Waals surface area contributed by atoms with Gasteiger partial charge in [0.05, 0.1) is 6.42 Å². The molecule has 2 rings (SSSR count). The van der Waals surface area contributed by atoms with Crippen LogP contribution < -0.4 is 0 Å². The van der Waals surface area contributed by atoms with Crippen molar-refractivity contribution in [3.8, 4) is 0 Å². The second-order valence-electron chi connectivity index (χ2n) is 5.32. The minimum absolute atomic E-state index is 0.0779. The van der Waals surface area contributed by atoms with Gasteiger partial charge < -0.3 is 4.84 Å². The van der Waals surface area contributed by atoms with Gasteiger partial charge in [-0.15, -0.1) is 5.06 Å². The zero-order valence-corrected chi connectivity index (χ0v) is 13.9. The lowest BCUT2D eigenvalue weighted by Gasteiger charge is -2.22. The van der Waals surface area contributed by atoms with E-state index in [2.05, 4.69) is 4.98 Å². The summed E-state index contributed by atoms with van der Waals surface area (Å²) in [6.45, 7) is 3.78. The number of pyridine rings is 1. The number of aromatic nitrogens is 1. The number of carbonyl (C=O) groups is 3. The molecule has 2 heterocycles. The lowest BCUT2D eigenvalue weighted by atomic mass is 10.1. The number of hydrogen-bond acceptors (Lipinski definition) is 7. The van der Waals surface area contributed by atoms with Crippen LogP contribution in [0.25, 0.3) is 0 Å². The first-order chi connectivity index (χ1) is 10.4. The average molecular weight is 340 g/mol. The molecule has 0 N–H and O–H groups in total. The largest absolute Gasteiger partial charge is 0.334 e. The quantitative estimate of drug-likeness (QED) is 0.582. The van der Waals surface area contributed by atoms with Gasteiger partial charge in [-0.3, -0.25) is 9.59 Å². The van der Waals surface area contributed by atoms with Gasteiger partial charge in [0.25, 0.3) is 11.8 Å². The van der Waals surface area contributed by atoms with Gasteiger partial charge in [0, 0.05) is 23.8 Å². The Morgan fingerprint density at radius 2 is 2.00 bits per heavy atom. The van der Waals surface area contributed by atoms with Crippen LogP contribution in [0, 0.1) is 0 Å². The Morgan fingerprint density at radius 3 is 2.59 bits per heavy atom. The Labute approximate surface area is 136 Å². The summed E-state index contributed by atoms with van der Waals surface area (Å²) in [5.74, 6) is -1.53. The molecule has 0 unspecified atom stereocenters. The van der Waals surface area contributed by atoms with E-state index in [0.717, 1.165) is 5.03 Å². The van der Waals surface area contributed by atoms with Crippen LogP contribution in [0.15, 0.2) is 29.4 Å². The highest BCUT2D eigenvalue weighted by Gasteiger charge is 2.34. The minimum atomic E-state index is -0.595. The molecule has 0 spiro atoms. The molecule has 0 atom stereocenters. The Bertz CT molecular complexity index is 561. The van der Waals surface area contributed by atoms with E-state index in [4.69, 9.17) is 4.84 Å². The van der Waals surface area contributed by atoms with Crippen molar-refractivity contribution < 1.29 is 19.2 Å². The Morgan fingerprint density at radius 1 is 1.32 bits per heavy atom. The molecule has 1 aromatic heterocycles. The average Bonchev–Trinajstić information content (AvgIpc) is 2.78. The van der Waals surface area contributed by atoms with E-state index in [9.17, 15) is 14.4 Å². The topological polar surface area (TPSA) is 76.6 Å². The molecule has 1 saturated heterocycles. The molecule has 2 amide bonds. The molecule has 1 aromatic rings. The van der Waals surface area contributed by atoms with Gasteiger partial charge in [-0.1, -0.05) is 16.9 Å². The SMILES string of the molecule is CC(C)(CC(=O)ON1C(=O)CCC1=O)SSc1ccccn1. The van der Waals surface area contributed by atoms with E-state index in [0.29, 0.717) is 5.06 Å². The molecule has 0 bridgehead atoms. The molecule has 118 valence electrons. The maximum Gasteiger partial charge on any atom is 0.334 e. The fourth-order valence-corrected chi connectivity index (χ4v) is 3.85. The number of nitrogens with zero attached hydrogens (tertiary/aromatic N) is 2. The molecule has 0 radical (unpaired) electrons. The highest BCUT2D eigenvalue weighted by atomic mass is 33.1. The molecule has 8 heteroatoms. The van der Waals surface area contributed by atoms with Crippen molar-refractivity contribution in [3.05, 3.63) is 24.4 Å². The van der Waals surface area contributed by atoms with Gasteiger partial charge in [0.2, 0.25) is 0 Å². The van der Waals surface area contributed by atoms with Gasteiger partial charge in [0.15, 0.2) is 0 Å². The third-order valence-electron chi connectivity index (χ3n) is 2.76. The number of imide groups is 1. The summed E-state index contributed by atoms with van der Waals surface area (Å²) in [7, 11) is 2.95. The highest BCUT2D eigenvalue weighted by Crippen LogP contribution is 2.41. The fraction of sp³-hybridized carbons (Fsp3) is 0.429. The lowest BCUT2D eigenvalue weighted by Crippen LogP contribution is -2.34. The van der Waals surface area contributed by atoms with Crippen LogP contribution >= 0.6 is 21.6 Å². The zero-order chi connectivity index (χ0) is 16.2. The normalized spacial score (nSPS) is 15.3. The van der Waals surface area contributed by atoms with Crippen LogP contribution in [-0.4, -0.2) is 32.6 Å². The van der Waals surface area contributed by atoms with E-state index in [1.165, 1.54) is 21.6 Å². The maximum absolute atomic E-state index is 11.9. The van der Waals surface area contributed by atoms with E-state index in [-0.39, 0.29) is 19.3 Å². The standard InChI is InChI=1S/C14H16N2O4S2/c1-14(2,22-21-10-5-3-4-8-15-10)9-13(19)20-16-11(17)6-7-12(16)18/h3-5,8H,6-7,9H2,1-2H3. The summed E-state index contributed by atoms with van der Waals surface area (Å²) in [5.41, 5.74) is 0. The second-order valence-corrected chi connectivity index (χ2v) is 8.17. The van der Waals surface area contributed by atoms with Crippen LogP contribution in [0.3, 0.4) is 0 Å². The van der Waals surface area contributed by atoms with Crippen LogP contribution in [-0.2, 0) is 19.2 Å². The summed E-state index contributed by atoms with van der Waals surface area (Å²) >= 11 is 0. The molecular formula is C14H16N2O4S2. The minimum Gasteiger partial charge on any atom is -0.330 e. The number of hydroxylamine groups is 2. The van der Waals surface area contributed by atoms with Crippen molar-refractivity contribution in [2.75, 3.05) is 0 Å². The smallest absolute Gasteiger partial charge is 0.330 e. The lowest BCUT2D eigenvalue weighted by molar-refractivity contribution is -0.197. The van der Waals surface area contributed by atoms with Crippen molar-refractivity contribution >= 4 is 39.4 Å². The van der Waals surface area contributed by atoms with Crippen LogP contribution in [0.4, 0.5) is 0 Å². The number of rotatable bonds is 6. The van der Waals surface area contributed by atoms with Gasteiger partial charge in [-0.05, 0) is 36.8 Å². The maximum atomic E-state index is 11.9. The first kappa shape index (κ1) is 16.8. The first-order valence-corrected chi connectivity index (χ1v) is 8.86. The number of hydrogen-bond donors (Lipinski definition) is 0. The van der Waals surface area contributed by atoms with Crippen molar-refractivity contribution in [2.45, 2.75) is 42.9 Å². The molecule has 1 aliphatic rings. The molecular weight excluding hydrogens is 324 g/mol. The Kier molecular flexibility index (Phi) is 5.47.